The van der Waals surface area contributed by atoms with Crippen molar-refractivity contribution < 1.29 is 17.9 Å². The van der Waals surface area contributed by atoms with Crippen LogP contribution in [0.2, 0.25) is 0 Å². The molecule has 0 saturated carbocycles. The van der Waals surface area contributed by atoms with E-state index < -0.39 is 9.84 Å². The number of hydrogen-bond acceptors (Lipinski definition) is 7. The van der Waals surface area contributed by atoms with Crippen LogP contribution in [0.4, 0.5) is 5.13 Å². The number of fused-ring (bicyclic) bond motifs is 1. The Morgan fingerprint density at radius 3 is 2.39 bits per heavy atom. The molecule has 10 heteroatoms. The van der Waals surface area contributed by atoms with Gasteiger partial charge >= 0.3 is 0 Å². The summed E-state index contributed by atoms with van der Waals surface area (Å²) in [6.45, 7) is 3.88. The first-order chi connectivity index (χ1) is 15.2. The number of rotatable bonds is 10. The Hall–Kier alpha value is -2.20. The molecule has 3 aromatic rings. The monoisotopic (exact) mass is 511 g/mol. The van der Waals surface area contributed by atoms with Crippen LogP contribution in [0.5, 0.6) is 5.75 Å². The van der Waals surface area contributed by atoms with Crippen LogP contribution in [0.3, 0.4) is 0 Å². The second kappa shape index (κ2) is 11.8. The third kappa shape index (κ3) is 7.14. The molecule has 1 amide bonds. The van der Waals surface area contributed by atoms with Crippen LogP contribution in [-0.4, -0.2) is 64.3 Å². The molecule has 0 fully saturated rings. The number of nitrogens with zero attached hydrogens (tertiary/aromatic N) is 3. The van der Waals surface area contributed by atoms with E-state index in [1.54, 1.807) is 35.2 Å². The molecule has 0 atom stereocenters. The van der Waals surface area contributed by atoms with Gasteiger partial charge in [-0.15, -0.1) is 12.4 Å². The van der Waals surface area contributed by atoms with Gasteiger partial charge in [0.15, 0.2) is 15.0 Å². The Labute approximate surface area is 205 Å². The topological polar surface area (TPSA) is 79.8 Å². The Balaban J connectivity index is 0.00000385. The van der Waals surface area contributed by atoms with Crippen molar-refractivity contribution in [3.8, 4) is 5.75 Å². The van der Waals surface area contributed by atoms with Gasteiger partial charge in [0.2, 0.25) is 0 Å². The van der Waals surface area contributed by atoms with Gasteiger partial charge in [-0.1, -0.05) is 24.7 Å². The van der Waals surface area contributed by atoms with Crippen molar-refractivity contribution in [2.45, 2.75) is 24.7 Å². The Bertz CT molecular complexity index is 1180. The number of likely N-dealkylation sites (N-methyl/N-ethyl adjacent to an activating group) is 1. The number of hydrogen-bond donors (Lipinski definition) is 0. The SMILES string of the molecule is CCCCOc1ccc(C(=O)N(CCN(C)C)c2nc3ccc(S(C)(=O)=O)cc3s2)cc1.Cl. The van der Waals surface area contributed by atoms with E-state index in [2.05, 4.69) is 11.9 Å². The number of carbonyl (C=O) groups is 1. The highest BCUT2D eigenvalue weighted by Crippen LogP contribution is 2.31. The van der Waals surface area contributed by atoms with E-state index in [-0.39, 0.29) is 23.2 Å². The molecule has 3 rings (SSSR count). The Kier molecular flexibility index (Phi) is 9.66. The number of aromatic nitrogens is 1. The zero-order valence-electron chi connectivity index (χ0n) is 19.3. The van der Waals surface area contributed by atoms with Gasteiger partial charge < -0.3 is 9.64 Å². The molecule has 0 N–H and O–H groups in total. The normalized spacial score (nSPS) is 11.4. The van der Waals surface area contributed by atoms with Crippen molar-refractivity contribution >= 4 is 54.8 Å². The molecule has 180 valence electrons. The zero-order chi connectivity index (χ0) is 23.3. The molecule has 0 radical (unpaired) electrons. The standard InChI is InChI=1S/C23H29N3O4S2.ClH/c1-5-6-15-30-18-9-7-17(8-10-18)22(27)26(14-13-25(2)3)23-24-20-12-11-19(32(4,28)29)16-21(20)31-23;/h7-12,16H,5-6,13-15H2,1-4H3;1H. The summed E-state index contributed by atoms with van der Waals surface area (Å²) < 4.78 is 30.2. The van der Waals surface area contributed by atoms with E-state index in [1.165, 1.54) is 17.6 Å². The van der Waals surface area contributed by atoms with Gasteiger partial charge in [0.25, 0.3) is 5.91 Å². The number of amides is 1. The number of anilines is 1. The van der Waals surface area contributed by atoms with Gasteiger partial charge in [0.1, 0.15) is 5.75 Å². The second-order valence-electron chi connectivity index (χ2n) is 7.88. The van der Waals surface area contributed by atoms with Crippen LogP contribution < -0.4 is 9.64 Å². The van der Waals surface area contributed by atoms with Gasteiger partial charge in [-0.2, -0.15) is 0 Å². The summed E-state index contributed by atoms with van der Waals surface area (Å²) in [5.41, 5.74) is 1.21. The molecule has 0 unspecified atom stereocenters. The summed E-state index contributed by atoms with van der Waals surface area (Å²) in [6, 6.07) is 12.0. The van der Waals surface area contributed by atoms with Gasteiger partial charge in [0.05, 0.1) is 21.7 Å². The molecular weight excluding hydrogens is 482 g/mol. The van der Waals surface area contributed by atoms with Crippen molar-refractivity contribution in [2.75, 3.05) is 44.9 Å². The Morgan fingerprint density at radius 1 is 1.09 bits per heavy atom. The summed E-state index contributed by atoms with van der Waals surface area (Å²) in [5.74, 6) is 0.581. The predicted octanol–water partition coefficient (Wildman–Crippen LogP) is 4.51. The minimum atomic E-state index is -3.32. The fourth-order valence-corrected chi connectivity index (χ4v) is 4.76. The molecule has 1 aromatic heterocycles. The van der Waals surface area contributed by atoms with Crippen LogP contribution >= 0.6 is 23.7 Å². The molecule has 0 bridgehead atoms. The van der Waals surface area contributed by atoms with Crippen LogP contribution in [0.25, 0.3) is 10.2 Å². The highest BCUT2D eigenvalue weighted by Gasteiger charge is 2.22. The first-order valence-electron chi connectivity index (χ1n) is 10.5. The van der Waals surface area contributed by atoms with Gasteiger partial charge in [-0.05, 0) is 63.0 Å². The van der Waals surface area contributed by atoms with E-state index in [9.17, 15) is 13.2 Å². The molecule has 2 aromatic carbocycles. The molecule has 0 aliphatic rings. The Morgan fingerprint density at radius 2 is 1.79 bits per heavy atom. The third-order valence-corrected chi connectivity index (χ3v) is 7.04. The summed E-state index contributed by atoms with van der Waals surface area (Å²) >= 11 is 1.31. The smallest absolute Gasteiger partial charge is 0.260 e. The maximum absolute atomic E-state index is 13.4. The first-order valence-corrected chi connectivity index (χ1v) is 13.2. The lowest BCUT2D eigenvalue weighted by Crippen LogP contribution is -2.36. The molecule has 0 spiro atoms. The van der Waals surface area contributed by atoms with E-state index in [0.717, 1.165) is 23.3 Å². The number of carbonyl (C=O) groups excluding carboxylic acids is 1. The van der Waals surface area contributed by atoms with Crippen molar-refractivity contribution in [3.05, 3.63) is 48.0 Å². The van der Waals surface area contributed by atoms with E-state index in [4.69, 9.17) is 4.74 Å². The van der Waals surface area contributed by atoms with Crippen molar-refractivity contribution in [2.24, 2.45) is 0 Å². The molecular formula is C23H30ClN3O4S2. The number of ether oxygens (including phenoxy) is 1. The average Bonchev–Trinajstić information content (AvgIpc) is 3.16. The summed E-state index contributed by atoms with van der Waals surface area (Å²) in [7, 11) is 0.574. The van der Waals surface area contributed by atoms with Crippen molar-refractivity contribution in [1.29, 1.82) is 0 Å². The minimum absolute atomic E-state index is 0. The van der Waals surface area contributed by atoms with E-state index >= 15 is 0 Å². The maximum Gasteiger partial charge on any atom is 0.260 e. The lowest BCUT2D eigenvalue weighted by atomic mass is 10.2. The van der Waals surface area contributed by atoms with Gasteiger partial charge in [0, 0.05) is 24.9 Å². The number of thiazole rings is 1. The van der Waals surface area contributed by atoms with Crippen LogP contribution in [0.15, 0.2) is 47.4 Å². The van der Waals surface area contributed by atoms with Crippen LogP contribution in [0.1, 0.15) is 30.1 Å². The van der Waals surface area contributed by atoms with Gasteiger partial charge in [-0.25, -0.2) is 13.4 Å². The highest BCUT2D eigenvalue weighted by atomic mass is 35.5. The lowest BCUT2D eigenvalue weighted by molar-refractivity contribution is 0.0985. The largest absolute Gasteiger partial charge is 0.494 e. The van der Waals surface area contributed by atoms with E-state index in [1.807, 2.05) is 31.1 Å². The number of benzene rings is 2. The zero-order valence-corrected chi connectivity index (χ0v) is 21.7. The third-order valence-electron chi connectivity index (χ3n) is 4.89. The maximum atomic E-state index is 13.4. The molecule has 0 aliphatic carbocycles. The fourth-order valence-electron chi connectivity index (χ4n) is 3.01. The fraction of sp³-hybridized carbons (Fsp3) is 0.391. The number of unbranched alkanes of at least 4 members (excludes halogenated alkanes) is 1. The average molecular weight is 512 g/mol. The lowest BCUT2D eigenvalue weighted by Gasteiger charge is -2.22. The minimum Gasteiger partial charge on any atom is -0.494 e. The summed E-state index contributed by atoms with van der Waals surface area (Å²) in [5, 5.41) is 0.542. The summed E-state index contributed by atoms with van der Waals surface area (Å²) in [4.78, 5) is 21.9. The molecule has 0 saturated heterocycles. The number of halogens is 1. The van der Waals surface area contributed by atoms with Crippen molar-refractivity contribution in [3.63, 3.8) is 0 Å². The summed E-state index contributed by atoms with van der Waals surface area (Å²) in [6.07, 6.45) is 3.22. The van der Waals surface area contributed by atoms with Crippen LogP contribution in [0, 0.1) is 0 Å². The van der Waals surface area contributed by atoms with Crippen LogP contribution in [-0.2, 0) is 9.84 Å². The number of sulfone groups is 1. The quantitative estimate of drug-likeness (QED) is 0.373. The van der Waals surface area contributed by atoms with E-state index in [0.29, 0.717) is 35.9 Å². The first kappa shape index (κ1) is 27.0. The predicted molar refractivity (Wildman–Crippen MR) is 137 cm³/mol. The van der Waals surface area contributed by atoms with Gasteiger partial charge in [-0.3, -0.25) is 9.69 Å². The molecule has 0 aliphatic heterocycles. The second-order valence-corrected chi connectivity index (χ2v) is 10.9. The molecule has 1 heterocycles. The molecule has 7 nitrogen and oxygen atoms in total. The molecule has 33 heavy (non-hydrogen) atoms. The van der Waals surface area contributed by atoms with Crippen molar-refractivity contribution in [1.82, 2.24) is 9.88 Å². The highest BCUT2D eigenvalue weighted by molar-refractivity contribution is 7.90.